The minimum absolute atomic E-state index is 0.00694. The lowest BCUT2D eigenvalue weighted by Gasteiger charge is -2.20. The van der Waals surface area contributed by atoms with Crippen LogP contribution in [0.1, 0.15) is 57.8 Å². The van der Waals surface area contributed by atoms with Crippen LogP contribution in [-0.2, 0) is 6.18 Å². The van der Waals surface area contributed by atoms with Crippen molar-refractivity contribution in [2.45, 2.75) is 44.3 Å². The van der Waals surface area contributed by atoms with Gasteiger partial charge in [-0.2, -0.15) is 18.3 Å². The Balaban J connectivity index is 1.40. The molecule has 2 amide bonds. The normalized spacial score (nSPS) is 17.3. The minimum atomic E-state index is -4.83. The van der Waals surface area contributed by atoms with Crippen molar-refractivity contribution >= 4 is 29.1 Å². The Hall–Kier alpha value is -3.80. The van der Waals surface area contributed by atoms with Crippen molar-refractivity contribution < 1.29 is 32.2 Å². The van der Waals surface area contributed by atoms with Gasteiger partial charge in [-0.1, -0.05) is 11.6 Å². The van der Waals surface area contributed by atoms with Crippen molar-refractivity contribution in [1.29, 1.82) is 0 Å². The molecular formula is C25H21ClF3N5O4. The predicted molar refractivity (Wildman–Crippen MR) is 129 cm³/mol. The van der Waals surface area contributed by atoms with Crippen LogP contribution in [0.3, 0.4) is 0 Å². The van der Waals surface area contributed by atoms with Gasteiger partial charge in [0.1, 0.15) is 11.3 Å². The molecule has 2 N–H and O–H groups in total. The summed E-state index contributed by atoms with van der Waals surface area (Å²) < 4.78 is 52.5. The molecule has 0 radical (unpaired) electrons. The number of carbonyl (C=O) groups is 2. The minimum Gasteiger partial charge on any atom is -0.454 e. The van der Waals surface area contributed by atoms with Crippen LogP contribution in [0.5, 0.6) is 11.5 Å². The number of hydrogen-bond acceptors (Lipinski definition) is 6. The first kappa shape index (κ1) is 24.5. The summed E-state index contributed by atoms with van der Waals surface area (Å²) in [4.78, 5) is 31.0. The number of nitrogens with one attached hydrogen (secondary N) is 2. The molecule has 3 aliphatic rings. The maximum atomic E-state index is 13.6. The monoisotopic (exact) mass is 547 g/mol. The third-order valence-corrected chi connectivity index (χ3v) is 7.30. The Morgan fingerprint density at radius 1 is 1.18 bits per heavy atom. The summed E-state index contributed by atoms with van der Waals surface area (Å²) in [5, 5.41) is 9.27. The average Bonchev–Trinajstić information content (AvgIpc) is 3.76. The van der Waals surface area contributed by atoms with E-state index in [4.69, 9.17) is 21.1 Å². The van der Waals surface area contributed by atoms with Gasteiger partial charge >= 0.3 is 6.18 Å². The fourth-order valence-corrected chi connectivity index (χ4v) is 5.00. The Labute approximate surface area is 219 Å². The van der Waals surface area contributed by atoms with Gasteiger partial charge < -0.3 is 20.1 Å². The average molecular weight is 548 g/mol. The molecule has 1 aromatic carbocycles. The molecule has 3 aromatic rings. The van der Waals surface area contributed by atoms with E-state index in [1.54, 1.807) is 13.0 Å². The van der Waals surface area contributed by atoms with Crippen molar-refractivity contribution in [3.8, 4) is 17.3 Å². The topological polar surface area (TPSA) is 107 Å². The smallest absolute Gasteiger partial charge is 0.435 e. The molecule has 2 aliphatic carbocycles. The lowest BCUT2D eigenvalue weighted by molar-refractivity contribution is -0.141. The molecule has 3 heterocycles. The second-order valence-electron chi connectivity index (χ2n) is 9.65. The molecule has 2 aromatic heterocycles. The molecule has 6 rings (SSSR count). The number of rotatable bonds is 6. The van der Waals surface area contributed by atoms with E-state index in [2.05, 4.69) is 20.7 Å². The zero-order chi connectivity index (χ0) is 26.8. The van der Waals surface area contributed by atoms with Gasteiger partial charge in [-0.05, 0) is 62.3 Å². The van der Waals surface area contributed by atoms with E-state index < -0.39 is 29.4 Å². The molecule has 13 heteroatoms. The number of anilines is 1. The number of aryl methyl sites for hydroxylation is 1. The Bertz CT molecular complexity index is 1480. The number of aromatic nitrogens is 3. The summed E-state index contributed by atoms with van der Waals surface area (Å²) in [6.45, 7) is 1.54. The highest BCUT2D eigenvalue weighted by Gasteiger charge is 2.55. The van der Waals surface area contributed by atoms with Crippen LogP contribution >= 0.6 is 11.6 Å². The summed E-state index contributed by atoms with van der Waals surface area (Å²) in [6, 6.07) is 5.11. The maximum Gasteiger partial charge on any atom is 0.435 e. The van der Waals surface area contributed by atoms with E-state index in [0.717, 1.165) is 30.4 Å². The number of amides is 2. The largest absolute Gasteiger partial charge is 0.454 e. The fourth-order valence-electron chi connectivity index (χ4n) is 4.80. The summed E-state index contributed by atoms with van der Waals surface area (Å²) in [5.74, 6) is -0.645. The van der Waals surface area contributed by atoms with Gasteiger partial charge in [-0.15, -0.1) is 0 Å². The van der Waals surface area contributed by atoms with E-state index in [1.165, 1.54) is 18.3 Å². The van der Waals surface area contributed by atoms with Crippen molar-refractivity contribution in [3.05, 3.63) is 58.0 Å². The molecule has 0 saturated heterocycles. The lowest BCUT2D eigenvalue weighted by atomic mass is 10.0. The predicted octanol–water partition coefficient (Wildman–Crippen LogP) is 4.90. The quantitative estimate of drug-likeness (QED) is 0.454. The molecule has 9 nitrogen and oxygen atoms in total. The van der Waals surface area contributed by atoms with Crippen LogP contribution < -0.4 is 20.1 Å². The first-order valence-corrected chi connectivity index (χ1v) is 12.3. The van der Waals surface area contributed by atoms with Gasteiger partial charge in [0.2, 0.25) is 6.79 Å². The van der Waals surface area contributed by atoms with Crippen molar-refractivity contribution in [1.82, 2.24) is 20.1 Å². The highest BCUT2D eigenvalue weighted by molar-refractivity contribution is 6.32. The van der Waals surface area contributed by atoms with Gasteiger partial charge in [0.25, 0.3) is 11.8 Å². The van der Waals surface area contributed by atoms with Crippen molar-refractivity contribution in [3.63, 3.8) is 0 Å². The second kappa shape index (κ2) is 8.62. The molecule has 198 valence electrons. The van der Waals surface area contributed by atoms with E-state index in [9.17, 15) is 22.8 Å². The first-order valence-electron chi connectivity index (χ1n) is 11.9. The number of pyridine rings is 1. The molecule has 0 atom stereocenters. The van der Waals surface area contributed by atoms with E-state index in [0.29, 0.717) is 23.3 Å². The number of halogens is 4. The molecule has 2 saturated carbocycles. The molecule has 0 unspecified atom stereocenters. The Kier molecular flexibility index (Phi) is 5.56. The maximum absolute atomic E-state index is 13.6. The first-order chi connectivity index (χ1) is 18.1. The molecule has 38 heavy (non-hydrogen) atoms. The van der Waals surface area contributed by atoms with Crippen molar-refractivity contribution in [2.24, 2.45) is 5.92 Å². The van der Waals surface area contributed by atoms with Gasteiger partial charge in [0.15, 0.2) is 23.0 Å². The zero-order valence-corrected chi connectivity index (χ0v) is 20.7. The highest BCUT2D eigenvalue weighted by atomic mass is 35.5. The summed E-state index contributed by atoms with van der Waals surface area (Å²) >= 11 is 6.15. The fraction of sp³-hybridized carbons (Fsp3) is 0.360. The third kappa shape index (κ3) is 4.22. The van der Waals surface area contributed by atoms with Gasteiger partial charge in [0.05, 0.1) is 10.7 Å². The SMILES string of the molecule is Cc1cc2c(c(C(=O)NC3(C4CC4)CC3)c1NC(=O)c1cc(C(F)(F)F)nn1-c1ncccc1Cl)OCO2. The van der Waals surface area contributed by atoms with Crippen LogP contribution in [0.25, 0.3) is 5.82 Å². The van der Waals surface area contributed by atoms with Crippen LogP contribution in [0.2, 0.25) is 5.02 Å². The summed E-state index contributed by atoms with van der Waals surface area (Å²) in [5.41, 5.74) is -1.44. The molecule has 0 bridgehead atoms. The Morgan fingerprint density at radius 2 is 1.95 bits per heavy atom. The summed E-state index contributed by atoms with van der Waals surface area (Å²) in [7, 11) is 0. The van der Waals surface area contributed by atoms with Crippen LogP contribution in [0.4, 0.5) is 18.9 Å². The number of nitrogens with zero attached hydrogens (tertiary/aromatic N) is 3. The van der Waals surface area contributed by atoms with Gasteiger partial charge in [0, 0.05) is 17.8 Å². The van der Waals surface area contributed by atoms with Crippen molar-refractivity contribution in [2.75, 3.05) is 12.1 Å². The number of ether oxygens (including phenoxy) is 2. The summed E-state index contributed by atoms with van der Waals surface area (Å²) in [6.07, 6.45) is 0.286. The number of alkyl halides is 3. The molecule has 1 aliphatic heterocycles. The van der Waals surface area contributed by atoms with Crippen LogP contribution in [0, 0.1) is 12.8 Å². The number of fused-ring (bicyclic) bond motifs is 1. The van der Waals surface area contributed by atoms with Gasteiger partial charge in [-0.25, -0.2) is 9.67 Å². The third-order valence-electron chi connectivity index (χ3n) is 7.01. The van der Waals surface area contributed by atoms with Crippen LogP contribution in [-0.4, -0.2) is 38.9 Å². The van der Waals surface area contributed by atoms with Crippen LogP contribution in [0.15, 0.2) is 30.5 Å². The van der Waals surface area contributed by atoms with Gasteiger partial charge in [-0.3, -0.25) is 9.59 Å². The molecule has 2 fully saturated rings. The molecule has 0 spiro atoms. The highest BCUT2D eigenvalue weighted by Crippen LogP contribution is 2.54. The zero-order valence-electron chi connectivity index (χ0n) is 20.0. The van der Waals surface area contributed by atoms with E-state index >= 15 is 0 Å². The number of carbonyl (C=O) groups excluding carboxylic acids is 2. The lowest BCUT2D eigenvalue weighted by Crippen LogP contribution is -2.39. The second-order valence-corrected chi connectivity index (χ2v) is 10.1. The van der Waals surface area contributed by atoms with E-state index in [1.807, 2.05) is 0 Å². The number of hydrogen-bond donors (Lipinski definition) is 2. The van der Waals surface area contributed by atoms with E-state index in [-0.39, 0.29) is 40.2 Å². The Morgan fingerprint density at radius 3 is 2.61 bits per heavy atom. The standard InChI is InChI=1S/C25H21ClF3N5O4/c1-12-9-16-20(38-11-37-16)18(23(36)32-24(6-7-24)13-4-5-13)19(12)31-22(35)15-10-17(25(27,28)29)33-34(15)21-14(26)3-2-8-30-21/h2-3,8-10,13H,4-7,11H2,1H3,(H,31,35)(H,32,36). The molecular weight excluding hydrogens is 527 g/mol. The number of benzene rings is 1.